The average Bonchev–Trinajstić information content (AvgIpc) is 3.73. The zero-order valence-electron chi connectivity index (χ0n) is 21.0. The van der Waals surface area contributed by atoms with Gasteiger partial charge in [-0.2, -0.15) is 5.10 Å². The van der Waals surface area contributed by atoms with E-state index in [1.165, 1.54) is 31.2 Å². The van der Waals surface area contributed by atoms with Crippen molar-refractivity contribution < 1.29 is 0 Å². The zero-order chi connectivity index (χ0) is 25.3. The number of H-pyrrole nitrogens is 2. The number of pyridine rings is 4. The molecule has 1 aliphatic rings. The van der Waals surface area contributed by atoms with Gasteiger partial charge in [-0.25, -0.2) is 4.98 Å². The first-order valence-corrected chi connectivity index (χ1v) is 13.2. The van der Waals surface area contributed by atoms with Gasteiger partial charge in [-0.15, -0.1) is 0 Å². The summed E-state index contributed by atoms with van der Waals surface area (Å²) in [5.41, 5.74) is 9.34. The molecule has 188 valence electrons. The van der Waals surface area contributed by atoms with Crippen LogP contribution >= 0.6 is 0 Å². The fourth-order valence-electron chi connectivity index (χ4n) is 5.53. The van der Waals surface area contributed by atoms with E-state index < -0.39 is 0 Å². The Morgan fingerprint density at radius 1 is 0.842 bits per heavy atom. The van der Waals surface area contributed by atoms with Gasteiger partial charge in [0.15, 0.2) is 0 Å². The van der Waals surface area contributed by atoms with Crippen molar-refractivity contribution in [3.63, 3.8) is 0 Å². The summed E-state index contributed by atoms with van der Waals surface area (Å²) in [5, 5.41) is 12.4. The average molecular weight is 501 g/mol. The van der Waals surface area contributed by atoms with Gasteiger partial charge in [0.1, 0.15) is 11.2 Å². The molecule has 0 unspecified atom stereocenters. The number of hydrogen-bond acceptors (Lipinski definition) is 6. The summed E-state index contributed by atoms with van der Waals surface area (Å²) in [6.07, 6.45) is 14.6. The standard InChI is InChI=1S/C30H28N8/c1-2-4-19(3-1)15-32-16-20-13-22(18-33-17-20)24-5-6-26-29(36-24)30(38-37-26)27-14-23-25(35-27)9-12-34-28(23)21-7-10-31-11-8-21/h5-14,17-19,32,35H,1-4,15-16H2,(H,37,38). The van der Waals surface area contributed by atoms with Gasteiger partial charge < -0.3 is 10.3 Å². The van der Waals surface area contributed by atoms with E-state index in [2.05, 4.69) is 47.6 Å². The summed E-state index contributed by atoms with van der Waals surface area (Å²) >= 11 is 0. The van der Waals surface area contributed by atoms with Crippen LogP contribution in [0, 0.1) is 5.92 Å². The maximum Gasteiger partial charge on any atom is 0.135 e. The van der Waals surface area contributed by atoms with Crippen molar-refractivity contribution in [2.45, 2.75) is 32.2 Å². The summed E-state index contributed by atoms with van der Waals surface area (Å²) in [4.78, 5) is 21.8. The minimum Gasteiger partial charge on any atom is -0.353 e. The van der Waals surface area contributed by atoms with E-state index in [0.29, 0.717) is 0 Å². The minimum atomic E-state index is 0.779. The molecule has 6 aromatic heterocycles. The Morgan fingerprint density at radius 3 is 2.63 bits per heavy atom. The molecule has 0 spiro atoms. The van der Waals surface area contributed by atoms with Crippen LogP contribution in [0.15, 0.2) is 73.4 Å². The Balaban J connectivity index is 1.20. The second-order valence-electron chi connectivity index (χ2n) is 10.1. The van der Waals surface area contributed by atoms with Crippen LogP contribution in [0.3, 0.4) is 0 Å². The van der Waals surface area contributed by atoms with Crippen molar-refractivity contribution in [3.05, 3.63) is 79.0 Å². The number of aromatic nitrogens is 7. The van der Waals surface area contributed by atoms with Crippen LogP contribution < -0.4 is 5.32 Å². The van der Waals surface area contributed by atoms with Crippen LogP contribution in [0.1, 0.15) is 31.2 Å². The molecule has 8 nitrogen and oxygen atoms in total. The van der Waals surface area contributed by atoms with Crippen molar-refractivity contribution in [2.24, 2.45) is 5.92 Å². The minimum absolute atomic E-state index is 0.779. The molecule has 0 bridgehead atoms. The predicted octanol–water partition coefficient (Wildman–Crippen LogP) is 5.91. The highest BCUT2D eigenvalue weighted by Gasteiger charge is 2.17. The van der Waals surface area contributed by atoms with Crippen LogP contribution in [-0.2, 0) is 6.54 Å². The van der Waals surface area contributed by atoms with E-state index in [4.69, 9.17) is 4.98 Å². The fourth-order valence-corrected chi connectivity index (χ4v) is 5.53. The summed E-state index contributed by atoms with van der Waals surface area (Å²) < 4.78 is 0. The Hall–Kier alpha value is -4.43. The molecule has 0 aromatic carbocycles. The molecule has 7 rings (SSSR count). The first kappa shape index (κ1) is 22.7. The van der Waals surface area contributed by atoms with Gasteiger partial charge in [0.2, 0.25) is 0 Å². The molecule has 6 aromatic rings. The molecule has 8 heteroatoms. The summed E-state index contributed by atoms with van der Waals surface area (Å²) in [6.45, 7) is 1.90. The molecular weight excluding hydrogens is 472 g/mol. The Bertz CT molecular complexity index is 1710. The first-order valence-electron chi connectivity index (χ1n) is 13.2. The number of nitrogens with zero attached hydrogens (tertiary/aromatic N) is 5. The Morgan fingerprint density at radius 2 is 1.74 bits per heavy atom. The molecular formula is C30H28N8. The third-order valence-corrected chi connectivity index (χ3v) is 7.49. The lowest BCUT2D eigenvalue weighted by atomic mass is 10.1. The van der Waals surface area contributed by atoms with Crippen LogP contribution in [0.25, 0.3) is 55.8 Å². The molecule has 38 heavy (non-hydrogen) atoms. The van der Waals surface area contributed by atoms with E-state index in [-0.39, 0.29) is 0 Å². The second kappa shape index (κ2) is 9.79. The normalized spacial score (nSPS) is 14.1. The molecule has 0 radical (unpaired) electrons. The summed E-state index contributed by atoms with van der Waals surface area (Å²) in [5.74, 6) is 0.816. The zero-order valence-corrected chi connectivity index (χ0v) is 21.0. The topological polar surface area (TPSA) is 108 Å². The van der Waals surface area contributed by atoms with Gasteiger partial charge in [-0.3, -0.25) is 20.1 Å². The molecule has 0 aliphatic heterocycles. The van der Waals surface area contributed by atoms with Gasteiger partial charge in [-0.05, 0) is 73.3 Å². The largest absolute Gasteiger partial charge is 0.353 e. The van der Waals surface area contributed by atoms with Crippen LogP contribution in [-0.4, -0.2) is 41.7 Å². The highest BCUT2D eigenvalue weighted by atomic mass is 15.1. The molecule has 6 heterocycles. The smallest absolute Gasteiger partial charge is 0.135 e. The van der Waals surface area contributed by atoms with E-state index in [1.807, 2.05) is 48.9 Å². The van der Waals surface area contributed by atoms with Crippen molar-refractivity contribution >= 4 is 21.9 Å². The highest BCUT2D eigenvalue weighted by molar-refractivity contribution is 5.99. The van der Waals surface area contributed by atoms with E-state index in [0.717, 1.165) is 74.8 Å². The highest BCUT2D eigenvalue weighted by Crippen LogP contribution is 2.33. The fraction of sp³-hybridized carbons (Fsp3) is 0.233. The third-order valence-electron chi connectivity index (χ3n) is 7.49. The van der Waals surface area contributed by atoms with Crippen molar-refractivity contribution in [1.29, 1.82) is 0 Å². The van der Waals surface area contributed by atoms with Gasteiger partial charge >= 0.3 is 0 Å². The number of nitrogens with one attached hydrogen (secondary N) is 3. The lowest BCUT2D eigenvalue weighted by Crippen LogP contribution is -2.20. The van der Waals surface area contributed by atoms with Crippen LogP contribution in [0.5, 0.6) is 0 Å². The van der Waals surface area contributed by atoms with Gasteiger partial charge in [0, 0.05) is 59.6 Å². The first-order chi connectivity index (χ1) is 18.8. The van der Waals surface area contributed by atoms with Crippen LogP contribution in [0.4, 0.5) is 0 Å². The van der Waals surface area contributed by atoms with E-state index in [9.17, 15) is 0 Å². The number of fused-ring (bicyclic) bond motifs is 2. The quantitative estimate of drug-likeness (QED) is 0.252. The number of rotatable bonds is 7. The number of hydrogen-bond donors (Lipinski definition) is 3. The monoisotopic (exact) mass is 500 g/mol. The molecule has 0 amide bonds. The molecule has 0 atom stereocenters. The van der Waals surface area contributed by atoms with Crippen molar-refractivity contribution in [2.75, 3.05) is 6.54 Å². The Kier molecular flexibility index (Phi) is 5.86. The van der Waals surface area contributed by atoms with E-state index in [1.54, 1.807) is 12.4 Å². The maximum atomic E-state index is 5.02. The van der Waals surface area contributed by atoms with Crippen LogP contribution in [0.2, 0.25) is 0 Å². The Labute approximate surface area is 220 Å². The SMILES string of the molecule is c1cc(-c2nccc3[nH]c(-c4n[nH]c5ccc(-c6cncc(CNCC7CCCC7)c6)nc45)cc23)ccn1. The van der Waals surface area contributed by atoms with E-state index >= 15 is 0 Å². The molecule has 1 saturated carbocycles. The summed E-state index contributed by atoms with van der Waals surface area (Å²) in [7, 11) is 0. The predicted molar refractivity (Wildman–Crippen MR) is 149 cm³/mol. The second-order valence-corrected chi connectivity index (χ2v) is 10.1. The van der Waals surface area contributed by atoms with Gasteiger partial charge in [-0.1, -0.05) is 12.8 Å². The molecule has 0 saturated heterocycles. The number of aromatic amines is 2. The molecule has 1 aliphatic carbocycles. The third kappa shape index (κ3) is 4.33. The van der Waals surface area contributed by atoms with Gasteiger partial charge in [0.25, 0.3) is 0 Å². The lowest BCUT2D eigenvalue weighted by molar-refractivity contribution is 0.489. The van der Waals surface area contributed by atoms with Crippen molar-refractivity contribution in [1.82, 2.24) is 40.4 Å². The molecule has 1 fully saturated rings. The maximum absolute atomic E-state index is 5.02. The van der Waals surface area contributed by atoms with Gasteiger partial charge in [0.05, 0.1) is 22.6 Å². The lowest BCUT2D eigenvalue weighted by Gasteiger charge is -2.11. The van der Waals surface area contributed by atoms with Crippen molar-refractivity contribution in [3.8, 4) is 33.9 Å². The molecule has 3 N–H and O–H groups in total. The summed E-state index contributed by atoms with van der Waals surface area (Å²) in [6, 6.07) is 14.3.